The number of carbonyl (C=O) groups is 1. The van der Waals surface area contributed by atoms with E-state index in [1.807, 2.05) is 24.3 Å². The SMILES string of the molecule is CC(NC1CCCOC1)c1ccc(NC(N)=O)cc1. The molecule has 2 rings (SSSR count). The van der Waals surface area contributed by atoms with Gasteiger partial charge in [0.25, 0.3) is 0 Å². The number of urea groups is 1. The van der Waals surface area contributed by atoms with Gasteiger partial charge in [-0.15, -0.1) is 0 Å². The number of anilines is 1. The molecule has 19 heavy (non-hydrogen) atoms. The molecular weight excluding hydrogens is 242 g/mol. The standard InChI is InChI=1S/C14H21N3O2/c1-10(16-13-3-2-8-19-9-13)11-4-6-12(7-5-11)17-14(15)18/h4-7,10,13,16H,2-3,8-9H2,1H3,(H3,15,17,18). The van der Waals surface area contributed by atoms with E-state index in [4.69, 9.17) is 10.5 Å². The van der Waals surface area contributed by atoms with Gasteiger partial charge in [0.2, 0.25) is 0 Å². The molecule has 5 heteroatoms. The van der Waals surface area contributed by atoms with Crippen LogP contribution in [0.1, 0.15) is 31.4 Å². The van der Waals surface area contributed by atoms with Gasteiger partial charge in [-0.1, -0.05) is 12.1 Å². The number of carbonyl (C=O) groups excluding carboxylic acids is 1. The lowest BCUT2D eigenvalue weighted by molar-refractivity contribution is 0.0671. The summed E-state index contributed by atoms with van der Waals surface area (Å²) >= 11 is 0. The van der Waals surface area contributed by atoms with Crippen LogP contribution in [0, 0.1) is 0 Å². The third-order valence-electron chi connectivity index (χ3n) is 3.32. The number of ether oxygens (including phenoxy) is 1. The molecule has 1 aliphatic heterocycles. The predicted molar refractivity (Wildman–Crippen MR) is 75.0 cm³/mol. The first kappa shape index (κ1) is 13.8. The molecular formula is C14H21N3O2. The Bertz CT molecular complexity index is 413. The lowest BCUT2D eigenvalue weighted by Gasteiger charge is -2.27. The van der Waals surface area contributed by atoms with Crippen molar-refractivity contribution in [3.63, 3.8) is 0 Å². The van der Waals surface area contributed by atoms with Gasteiger partial charge in [0.05, 0.1) is 6.61 Å². The minimum absolute atomic E-state index is 0.259. The number of primary amides is 1. The van der Waals surface area contributed by atoms with Crippen LogP contribution in [0.25, 0.3) is 0 Å². The van der Waals surface area contributed by atoms with E-state index in [0.717, 1.165) is 26.1 Å². The van der Waals surface area contributed by atoms with Gasteiger partial charge in [-0.25, -0.2) is 4.79 Å². The van der Waals surface area contributed by atoms with Crippen LogP contribution in [0.5, 0.6) is 0 Å². The number of nitrogens with one attached hydrogen (secondary N) is 2. The van der Waals surface area contributed by atoms with Crippen LogP contribution < -0.4 is 16.4 Å². The number of nitrogens with two attached hydrogens (primary N) is 1. The number of hydrogen-bond acceptors (Lipinski definition) is 3. The van der Waals surface area contributed by atoms with Gasteiger partial charge >= 0.3 is 6.03 Å². The largest absolute Gasteiger partial charge is 0.380 e. The summed E-state index contributed by atoms with van der Waals surface area (Å²) in [5.74, 6) is 0. The highest BCUT2D eigenvalue weighted by atomic mass is 16.5. The average Bonchev–Trinajstić information content (AvgIpc) is 2.40. The van der Waals surface area contributed by atoms with E-state index in [1.54, 1.807) is 0 Å². The fourth-order valence-corrected chi connectivity index (χ4v) is 2.32. The van der Waals surface area contributed by atoms with Gasteiger partial charge in [0.1, 0.15) is 0 Å². The number of rotatable bonds is 4. The Balaban J connectivity index is 1.91. The maximum absolute atomic E-state index is 10.7. The van der Waals surface area contributed by atoms with Gasteiger partial charge in [-0.3, -0.25) is 0 Å². The van der Waals surface area contributed by atoms with Crippen molar-refractivity contribution in [1.82, 2.24) is 5.32 Å². The molecule has 5 nitrogen and oxygen atoms in total. The summed E-state index contributed by atoms with van der Waals surface area (Å²) < 4.78 is 5.46. The Morgan fingerprint density at radius 1 is 1.42 bits per heavy atom. The third-order valence-corrected chi connectivity index (χ3v) is 3.32. The maximum atomic E-state index is 10.7. The van der Waals surface area contributed by atoms with E-state index in [9.17, 15) is 4.79 Å². The zero-order valence-corrected chi connectivity index (χ0v) is 11.2. The molecule has 0 radical (unpaired) electrons. The first-order chi connectivity index (χ1) is 9.15. The number of amides is 2. The van der Waals surface area contributed by atoms with E-state index in [2.05, 4.69) is 17.6 Å². The molecule has 1 aromatic carbocycles. The molecule has 0 spiro atoms. The molecule has 2 amide bonds. The maximum Gasteiger partial charge on any atom is 0.316 e. The Morgan fingerprint density at radius 3 is 2.74 bits per heavy atom. The molecule has 1 aliphatic rings. The van der Waals surface area contributed by atoms with E-state index in [0.29, 0.717) is 11.7 Å². The molecule has 2 unspecified atom stereocenters. The average molecular weight is 263 g/mol. The van der Waals surface area contributed by atoms with Crippen LogP contribution in [-0.4, -0.2) is 25.3 Å². The third kappa shape index (κ3) is 4.22. The van der Waals surface area contributed by atoms with Crippen molar-refractivity contribution in [1.29, 1.82) is 0 Å². The van der Waals surface area contributed by atoms with E-state index >= 15 is 0 Å². The summed E-state index contributed by atoms with van der Waals surface area (Å²) in [5, 5.41) is 6.11. The Morgan fingerprint density at radius 2 is 2.16 bits per heavy atom. The van der Waals surface area contributed by atoms with Crippen LogP contribution >= 0.6 is 0 Å². The summed E-state index contributed by atoms with van der Waals surface area (Å²) in [6.07, 6.45) is 2.28. The van der Waals surface area contributed by atoms with E-state index in [-0.39, 0.29) is 6.04 Å². The zero-order valence-electron chi connectivity index (χ0n) is 11.2. The van der Waals surface area contributed by atoms with Crippen LogP contribution in [0.2, 0.25) is 0 Å². The van der Waals surface area contributed by atoms with Crippen molar-refractivity contribution in [3.8, 4) is 0 Å². The highest BCUT2D eigenvalue weighted by Gasteiger charge is 2.16. The van der Waals surface area contributed by atoms with E-state index in [1.165, 1.54) is 5.56 Å². The molecule has 1 saturated heterocycles. The molecule has 0 aliphatic carbocycles. The van der Waals surface area contributed by atoms with Crippen LogP contribution in [-0.2, 0) is 4.74 Å². The highest BCUT2D eigenvalue weighted by Crippen LogP contribution is 2.18. The van der Waals surface area contributed by atoms with Gasteiger partial charge in [0, 0.05) is 24.4 Å². The van der Waals surface area contributed by atoms with Gasteiger partial charge < -0.3 is 21.1 Å². The second-order valence-electron chi connectivity index (χ2n) is 4.91. The summed E-state index contributed by atoms with van der Waals surface area (Å²) in [6.45, 7) is 3.79. The van der Waals surface area contributed by atoms with Crippen molar-refractivity contribution < 1.29 is 9.53 Å². The van der Waals surface area contributed by atoms with Crippen molar-refractivity contribution in [3.05, 3.63) is 29.8 Å². The monoisotopic (exact) mass is 263 g/mol. The van der Waals surface area contributed by atoms with Crippen LogP contribution in [0.15, 0.2) is 24.3 Å². The van der Waals surface area contributed by atoms with Gasteiger partial charge in [0.15, 0.2) is 0 Å². The summed E-state index contributed by atoms with van der Waals surface area (Å²) in [5.41, 5.74) is 6.96. The summed E-state index contributed by atoms with van der Waals surface area (Å²) in [4.78, 5) is 10.7. The second kappa shape index (κ2) is 6.54. The fourth-order valence-electron chi connectivity index (χ4n) is 2.32. The quantitative estimate of drug-likeness (QED) is 0.777. The number of benzene rings is 1. The smallest absolute Gasteiger partial charge is 0.316 e. The van der Waals surface area contributed by atoms with Crippen molar-refractivity contribution in [2.75, 3.05) is 18.5 Å². The van der Waals surface area contributed by atoms with E-state index < -0.39 is 6.03 Å². The lowest BCUT2D eigenvalue weighted by atomic mass is 10.0. The molecule has 4 N–H and O–H groups in total. The van der Waals surface area contributed by atoms with Gasteiger partial charge in [-0.05, 0) is 37.5 Å². The number of hydrogen-bond donors (Lipinski definition) is 3. The molecule has 1 fully saturated rings. The molecule has 2 atom stereocenters. The van der Waals surface area contributed by atoms with Crippen LogP contribution in [0.3, 0.4) is 0 Å². The lowest BCUT2D eigenvalue weighted by Crippen LogP contribution is -2.38. The Kier molecular flexibility index (Phi) is 4.76. The Labute approximate surface area is 113 Å². The molecule has 104 valence electrons. The van der Waals surface area contributed by atoms with Crippen molar-refractivity contribution >= 4 is 11.7 Å². The van der Waals surface area contributed by atoms with Crippen LogP contribution in [0.4, 0.5) is 10.5 Å². The molecule has 0 aromatic heterocycles. The normalized spacial score (nSPS) is 20.8. The van der Waals surface area contributed by atoms with Gasteiger partial charge in [-0.2, -0.15) is 0 Å². The first-order valence-electron chi connectivity index (χ1n) is 6.65. The highest BCUT2D eigenvalue weighted by molar-refractivity contribution is 5.87. The summed E-state index contributed by atoms with van der Waals surface area (Å²) in [7, 11) is 0. The van der Waals surface area contributed by atoms with Crippen molar-refractivity contribution in [2.45, 2.75) is 31.8 Å². The first-order valence-corrected chi connectivity index (χ1v) is 6.65. The second-order valence-corrected chi connectivity index (χ2v) is 4.91. The predicted octanol–water partition coefficient (Wildman–Crippen LogP) is 2.01. The molecule has 1 aromatic rings. The minimum Gasteiger partial charge on any atom is -0.380 e. The molecule has 0 bridgehead atoms. The fraction of sp³-hybridized carbons (Fsp3) is 0.500. The molecule has 1 heterocycles. The minimum atomic E-state index is -0.543. The topological polar surface area (TPSA) is 76.4 Å². The summed E-state index contributed by atoms with van der Waals surface area (Å²) in [6, 6.07) is 7.84. The zero-order chi connectivity index (χ0) is 13.7. The Hall–Kier alpha value is -1.59. The molecule has 0 saturated carbocycles. The van der Waals surface area contributed by atoms with Crippen molar-refractivity contribution in [2.24, 2.45) is 5.73 Å².